The summed E-state index contributed by atoms with van der Waals surface area (Å²) in [7, 11) is 28.0. The van der Waals surface area contributed by atoms with Crippen LogP contribution in [0.3, 0.4) is 0 Å². The molecule has 4 saturated heterocycles. The van der Waals surface area contributed by atoms with Gasteiger partial charge in [-0.2, -0.15) is 0 Å². The summed E-state index contributed by atoms with van der Waals surface area (Å²) in [5.74, 6) is -0.188. The van der Waals surface area contributed by atoms with Gasteiger partial charge in [0.15, 0.2) is 0 Å². The second kappa shape index (κ2) is 47.6. The van der Waals surface area contributed by atoms with Crippen molar-refractivity contribution in [1.82, 2.24) is 59.1 Å². The number of ether oxygens (including phenoxy) is 3. The Hall–Kier alpha value is -7.38. The lowest BCUT2D eigenvalue weighted by atomic mass is 10.0. The number of allylic oxidation sites excluding steroid dienone is 1. The van der Waals surface area contributed by atoms with Crippen LogP contribution in [-0.4, -0.2) is 279 Å². The van der Waals surface area contributed by atoms with E-state index in [2.05, 4.69) is 245 Å². The van der Waals surface area contributed by atoms with Gasteiger partial charge in [-0.05, 0) is 241 Å². The average Bonchev–Trinajstić information content (AvgIpc) is 1.44. The van der Waals surface area contributed by atoms with Crippen LogP contribution in [0.1, 0.15) is 139 Å². The smallest absolute Gasteiger partial charge is 0.323 e. The van der Waals surface area contributed by atoms with E-state index in [0.717, 1.165) is 117 Å². The second-order valence-electron chi connectivity index (χ2n) is 32.5. The number of aryl methyl sites for hydroxylation is 1. The molecule has 6 aromatic rings. The lowest BCUT2D eigenvalue weighted by Gasteiger charge is -2.29. The predicted molar refractivity (Wildman–Crippen MR) is 466 cm³/mol. The molecule has 21 heteroatoms. The summed E-state index contributed by atoms with van der Waals surface area (Å²) in [5.41, 5.74) is 22.1. The van der Waals surface area contributed by atoms with Gasteiger partial charge < -0.3 is 43.6 Å². The number of pyridine rings is 2. The van der Waals surface area contributed by atoms with Crippen molar-refractivity contribution in [3.05, 3.63) is 205 Å². The Labute approximate surface area is 683 Å². The normalized spacial score (nSPS) is 22.1. The first-order chi connectivity index (χ1) is 54.8. The van der Waals surface area contributed by atoms with Crippen LogP contribution >= 0.6 is 11.3 Å². The van der Waals surface area contributed by atoms with Gasteiger partial charge in [0.05, 0.1) is 32.0 Å². The topological polar surface area (TPSA) is 148 Å². The maximum atomic E-state index is 11.1. The molecule has 0 radical (unpaired) electrons. The van der Waals surface area contributed by atoms with Crippen molar-refractivity contribution in [2.45, 2.75) is 160 Å². The number of para-hydroxylation sites is 2. The Kier molecular flexibility index (Phi) is 37.7. The number of methoxy groups -OCH3 is 3. The average molecular weight is 1570 g/mol. The number of benzene rings is 3. The lowest BCUT2D eigenvalue weighted by Crippen LogP contribution is -2.42. The van der Waals surface area contributed by atoms with Gasteiger partial charge in [-0.1, -0.05) is 91.4 Å². The van der Waals surface area contributed by atoms with E-state index >= 15 is 0 Å². The van der Waals surface area contributed by atoms with Gasteiger partial charge in [-0.3, -0.25) is 49.0 Å². The van der Waals surface area contributed by atoms with Crippen molar-refractivity contribution in [3.8, 4) is 0 Å². The van der Waals surface area contributed by atoms with E-state index in [1.54, 1.807) is 29.6 Å². The van der Waals surface area contributed by atoms with E-state index in [1.807, 2.05) is 55.4 Å². The second-order valence-corrected chi connectivity index (χ2v) is 33.4. The third kappa shape index (κ3) is 28.5. The van der Waals surface area contributed by atoms with Gasteiger partial charge in [0.2, 0.25) is 0 Å². The molecule has 4 fully saturated rings. The maximum Gasteiger partial charge on any atom is 0.323 e. The molecule has 0 unspecified atom stereocenters. The molecule has 1 aliphatic carbocycles. The van der Waals surface area contributed by atoms with E-state index in [1.165, 1.54) is 190 Å². The molecule has 13 aliphatic rings. The highest BCUT2D eigenvalue weighted by Crippen LogP contribution is 2.32. The molecule has 3 aromatic heterocycles. The quantitative estimate of drug-likeness (QED) is 0.151. The van der Waals surface area contributed by atoms with Crippen LogP contribution in [0.25, 0.3) is 0 Å². The summed E-state index contributed by atoms with van der Waals surface area (Å²) in [5, 5.41) is 0. The summed E-state index contributed by atoms with van der Waals surface area (Å²) >= 11 is 1.78. The molecule has 616 valence electrons. The van der Waals surface area contributed by atoms with Crippen LogP contribution in [-0.2, 0) is 75.7 Å². The highest BCUT2D eigenvalue weighted by molar-refractivity contribution is 7.09. The number of esters is 2. The monoisotopic (exact) mass is 1560 g/mol. The van der Waals surface area contributed by atoms with E-state index in [9.17, 15) is 9.59 Å². The summed E-state index contributed by atoms with van der Waals surface area (Å²) in [6, 6.07) is 35.7. The van der Waals surface area contributed by atoms with E-state index in [0.29, 0.717) is 12.1 Å². The summed E-state index contributed by atoms with van der Waals surface area (Å²) < 4.78 is 14.4. The first kappa shape index (κ1) is 89.6. The Morgan fingerprint density at radius 2 is 1.04 bits per heavy atom. The molecule has 0 N–H and O–H groups in total. The molecule has 20 nitrogen and oxygen atoms in total. The number of hydrogen-bond acceptors (Lipinski definition) is 21. The zero-order valence-corrected chi connectivity index (χ0v) is 72.1. The number of piperidine rings is 1. The van der Waals surface area contributed by atoms with Crippen LogP contribution < -0.4 is 9.80 Å². The molecular formula is C92H137N15O5S. The fourth-order valence-electron chi connectivity index (χ4n) is 16.8. The molecule has 0 bridgehead atoms. The van der Waals surface area contributed by atoms with Crippen molar-refractivity contribution in [1.29, 1.82) is 0 Å². The number of aliphatic imine (C=N–C) groups is 1. The molecule has 113 heavy (non-hydrogen) atoms. The third-order valence-electron chi connectivity index (χ3n) is 23.6. The molecule has 12 aliphatic heterocycles. The van der Waals surface area contributed by atoms with Crippen LogP contribution in [0.2, 0.25) is 0 Å². The van der Waals surface area contributed by atoms with Crippen molar-refractivity contribution in [2.24, 2.45) is 4.99 Å². The molecular weight excluding hydrogens is 1430 g/mol. The zero-order valence-electron chi connectivity index (χ0n) is 71.3. The molecule has 4 atom stereocenters. The summed E-state index contributed by atoms with van der Waals surface area (Å²) in [6.45, 7) is 19.1. The summed E-state index contributed by atoms with van der Waals surface area (Å²) in [4.78, 5) is 65.7. The largest absolute Gasteiger partial charge is 0.468 e. The Balaban J connectivity index is 0.000000143. The minimum atomic E-state index is -0.0972. The van der Waals surface area contributed by atoms with Crippen LogP contribution in [0.5, 0.6) is 0 Å². The van der Waals surface area contributed by atoms with Gasteiger partial charge in [0, 0.05) is 190 Å². The minimum Gasteiger partial charge on any atom is -0.468 e. The lowest BCUT2D eigenvalue weighted by molar-refractivity contribution is -0.147. The Morgan fingerprint density at radius 3 is 1.69 bits per heavy atom. The highest BCUT2D eigenvalue weighted by atomic mass is 32.1. The minimum absolute atomic E-state index is 0.00810. The van der Waals surface area contributed by atoms with E-state index in [4.69, 9.17) is 4.74 Å². The number of thiazole rings is 1. The van der Waals surface area contributed by atoms with Crippen molar-refractivity contribution >= 4 is 40.9 Å². The van der Waals surface area contributed by atoms with Crippen molar-refractivity contribution < 1.29 is 23.8 Å². The van der Waals surface area contributed by atoms with Gasteiger partial charge in [0.1, 0.15) is 12.1 Å². The number of hydrogen-bond donors (Lipinski definition) is 0. The van der Waals surface area contributed by atoms with E-state index < -0.39 is 0 Å². The number of anilines is 2. The molecule has 15 heterocycles. The molecule has 0 amide bonds. The third-order valence-corrected chi connectivity index (χ3v) is 24.4. The molecule has 0 spiro atoms. The maximum absolute atomic E-state index is 11.1. The first-order valence-electron chi connectivity index (χ1n) is 41.7. The van der Waals surface area contributed by atoms with Crippen LogP contribution in [0.4, 0.5) is 11.4 Å². The number of fused-ring (bicyclic) bond motifs is 5. The number of likely N-dealkylation sites (N-methyl/N-ethyl adjacent to an activating group) is 8. The first-order valence-corrected chi connectivity index (χ1v) is 42.5. The number of likely N-dealkylation sites (tertiary alicyclic amines) is 4. The molecule has 3 aromatic carbocycles. The van der Waals surface area contributed by atoms with Gasteiger partial charge in [-0.15, -0.1) is 11.3 Å². The zero-order chi connectivity index (χ0) is 80.4. The number of carbonyl (C=O) groups is 2. The van der Waals surface area contributed by atoms with Crippen LogP contribution in [0, 0.1) is 0 Å². The standard InChI is InChI=1S/C11H15N.C10H13N.C9H12N2.C9H11N.C8H12N2.C8H10N2.C8H15NO2.C8H11N.C7H10N2S.C7H13NO2.C7H15NO/c1-12-9-5-8-11(12)10-6-3-2-4-7-10;1-11-8-4-6-9-5-2-3-7-10(9)11;1-11-6-4-9-8(7-11)3-2-5-10-9;1-10-7-6-8-4-2-3-5-9(8)10;1-10-5-3-8-7(6-10)2-4-9-8;1-10-5-7-2-3-9-4-8(7)6-10;1-9-6-4-3-5-7(9)8(10)11-2;1-9-5-7-3-2-4-8(7)6-9;1-9-3-2-6-7(4-9)10-5-8-6;1-8-5-3-4-6(8)7(9)10-2;1-8-5-3-4-7(8)6-9-2/h2-4,6-7,11H,5,8-9H2,1H3;2-3,5,7H,4,6,8H2,1H3;2-3,5H,4,6-7H2,1H3;2-5H,6-7H2,1H3;4H,2-3,5-6H2,1H3;2-4H,5-6H2,1H3;7H,3-6H2,1-2H3;2-3H,4-6H2,1H3;5H,2-4H2,1H3;6H,3-5H2,1-2H3;7H,3-6H2,1-2H3/t11-;;;;;;7-;;;6-;7-/m1.....1..11/s1. The van der Waals surface area contributed by atoms with Gasteiger partial charge in [-0.25, -0.2) is 4.98 Å². The van der Waals surface area contributed by atoms with E-state index in [-0.39, 0.29) is 24.0 Å². The van der Waals surface area contributed by atoms with Crippen LogP contribution in [0.15, 0.2) is 161 Å². The van der Waals surface area contributed by atoms with Gasteiger partial charge >= 0.3 is 11.9 Å². The Bertz CT molecular complexity index is 3940. The summed E-state index contributed by atoms with van der Waals surface area (Å²) in [6.07, 6.45) is 32.4. The van der Waals surface area contributed by atoms with Crippen molar-refractivity contribution in [2.75, 3.05) is 194 Å². The number of rotatable bonds is 5. The molecule has 19 rings (SSSR count). The van der Waals surface area contributed by atoms with Crippen molar-refractivity contribution in [3.63, 3.8) is 0 Å². The molecule has 0 saturated carbocycles. The fourth-order valence-corrected chi connectivity index (χ4v) is 17.7. The number of aromatic nitrogens is 3. The SMILES string of the molecule is CN1CC2=C(CC=C2)C1.CN1CCC2=C(CC=N2)C1.CN1CCC[C@@H]1c1ccccc1.CN1CCCc2ccccc21.CN1CCc2ccccc21.CN1CCc2ncccc2C1.CN1CCc2ncsc2C1.CN1Cc2ccncc2C1.COC(=O)[C@H]1CCCCN1C.COC(=O)[C@H]1CCCN1C.COC[C@H]1CCCN1C. The Morgan fingerprint density at radius 1 is 0.451 bits per heavy atom. The highest BCUT2D eigenvalue weighted by Gasteiger charge is 2.30. The number of nitrogens with zero attached hydrogens (tertiary/aromatic N) is 15. The fraction of sp³-hybridized carbons (Fsp3) is 0.565. The van der Waals surface area contributed by atoms with Gasteiger partial charge in [0.25, 0.3) is 0 Å². The predicted octanol–water partition coefficient (Wildman–Crippen LogP) is 13.3. The number of carbonyl (C=O) groups excluding carboxylic acids is 2.